The Hall–Kier alpha value is -3.40. The van der Waals surface area contributed by atoms with Gasteiger partial charge in [-0.2, -0.15) is 0 Å². The molecule has 0 amide bonds. The van der Waals surface area contributed by atoms with Crippen LogP contribution in [0.15, 0.2) is 84.9 Å². The van der Waals surface area contributed by atoms with Crippen molar-refractivity contribution in [2.75, 3.05) is 0 Å². The lowest BCUT2D eigenvalue weighted by atomic mass is 9.79. The molecule has 5 rings (SSSR count). The van der Waals surface area contributed by atoms with Crippen LogP contribution >= 0.6 is 0 Å². The molecule has 0 saturated heterocycles. The Labute approximate surface area is 213 Å². The van der Waals surface area contributed by atoms with Gasteiger partial charge in [0.25, 0.3) is 0 Å². The molecule has 0 unspecified atom stereocenters. The van der Waals surface area contributed by atoms with E-state index in [0.29, 0.717) is 11.1 Å². The van der Waals surface area contributed by atoms with Crippen molar-refractivity contribution in [2.24, 2.45) is 0 Å². The third-order valence-electron chi connectivity index (χ3n) is 7.85. The lowest BCUT2D eigenvalue weighted by Crippen LogP contribution is -2.35. The van der Waals surface area contributed by atoms with E-state index in [0.717, 1.165) is 75.3 Å². The van der Waals surface area contributed by atoms with Crippen LogP contribution in [0.5, 0.6) is 0 Å². The lowest BCUT2D eigenvalue weighted by Gasteiger charge is -2.37. The summed E-state index contributed by atoms with van der Waals surface area (Å²) in [7, 11) is 0. The fraction of sp³-hybridized carbons (Fsp3) is 0.375. The van der Waals surface area contributed by atoms with Gasteiger partial charge >= 0.3 is 11.9 Å². The van der Waals surface area contributed by atoms with E-state index in [1.165, 1.54) is 0 Å². The van der Waals surface area contributed by atoms with Crippen molar-refractivity contribution in [1.29, 1.82) is 0 Å². The molecule has 0 bridgehead atoms. The van der Waals surface area contributed by atoms with Crippen LogP contribution in [0.25, 0.3) is 0 Å². The second-order valence-electron chi connectivity index (χ2n) is 10.2. The Morgan fingerprint density at radius 1 is 0.472 bits per heavy atom. The number of rotatable bonds is 6. The minimum absolute atomic E-state index is 0.353. The van der Waals surface area contributed by atoms with Crippen LogP contribution in [-0.4, -0.2) is 11.9 Å². The molecule has 2 aliphatic rings. The quantitative estimate of drug-likeness (QED) is 0.338. The average Bonchev–Trinajstić information content (AvgIpc) is 2.95. The standard InChI is InChI=1S/C32H34O4/c33-29(35-31(21-9-3-10-22-31)27-13-5-1-6-14-27)25-17-19-26(20-18-25)30(34)36-32(23-11-4-12-24-32)28-15-7-2-8-16-28/h1-2,5-8,13-20H,3-4,9-12,21-24H2. The Morgan fingerprint density at radius 3 is 1.14 bits per heavy atom. The van der Waals surface area contributed by atoms with Gasteiger partial charge in [-0.15, -0.1) is 0 Å². The summed E-state index contributed by atoms with van der Waals surface area (Å²) in [5, 5.41) is 0. The van der Waals surface area contributed by atoms with Crippen LogP contribution in [0.1, 0.15) is 96.1 Å². The van der Waals surface area contributed by atoms with Crippen LogP contribution in [0.3, 0.4) is 0 Å². The maximum absolute atomic E-state index is 13.2. The topological polar surface area (TPSA) is 52.6 Å². The van der Waals surface area contributed by atoms with Gasteiger partial charge in [-0.05, 0) is 86.8 Å². The molecular weight excluding hydrogens is 448 g/mol. The zero-order valence-corrected chi connectivity index (χ0v) is 20.8. The lowest BCUT2D eigenvalue weighted by molar-refractivity contribution is -0.0428. The number of esters is 2. The fourth-order valence-corrected chi connectivity index (χ4v) is 5.84. The van der Waals surface area contributed by atoms with E-state index < -0.39 is 11.2 Å². The number of ether oxygens (including phenoxy) is 2. The molecule has 0 heterocycles. The van der Waals surface area contributed by atoms with Gasteiger partial charge in [0, 0.05) is 0 Å². The number of benzene rings is 3. The highest BCUT2D eigenvalue weighted by Crippen LogP contribution is 2.42. The zero-order valence-electron chi connectivity index (χ0n) is 20.8. The second-order valence-corrected chi connectivity index (χ2v) is 10.2. The smallest absolute Gasteiger partial charge is 0.339 e. The molecule has 0 N–H and O–H groups in total. The molecule has 0 radical (unpaired) electrons. The average molecular weight is 483 g/mol. The van der Waals surface area contributed by atoms with Gasteiger partial charge in [-0.1, -0.05) is 73.5 Å². The fourth-order valence-electron chi connectivity index (χ4n) is 5.84. The predicted molar refractivity (Wildman–Crippen MR) is 140 cm³/mol. The molecule has 2 fully saturated rings. The Morgan fingerprint density at radius 2 is 0.806 bits per heavy atom. The summed E-state index contributed by atoms with van der Waals surface area (Å²) in [5.41, 5.74) is 1.83. The first-order chi connectivity index (χ1) is 17.6. The minimum atomic E-state index is -0.586. The van der Waals surface area contributed by atoms with E-state index in [1.807, 2.05) is 60.7 Å². The highest BCUT2D eigenvalue weighted by molar-refractivity contribution is 5.93. The molecule has 36 heavy (non-hydrogen) atoms. The predicted octanol–water partition coefficient (Wildman–Crippen LogP) is 7.72. The third-order valence-corrected chi connectivity index (χ3v) is 7.85. The van der Waals surface area contributed by atoms with Gasteiger partial charge in [0.2, 0.25) is 0 Å². The molecule has 3 aromatic rings. The largest absolute Gasteiger partial charge is 0.451 e. The van der Waals surface area contributed by atoms with Crippen molar-refractivity contribution in [3.05, 3.63) is 107 Å². The highest BCUT2D eigenvalue weighted by Gasteiger charge is 2.39. The molecular formula is C32H34O4. The first-order valence-corrected chi connectivity index (χ1v) is 13.3. The molecule has 4 nitrogen and oxygen atoms in total. The second kappa shape index (κ2) is 10.7. The SMILES string of the molecule is O=C(OC1(c2ccccc2)CCCCC1)c1ccc(C(=O)OC2(c3ccccc3)CCCCC2)cc1. The van der Waals surface area contributed by atoms with E-state index in [2.05, 4.69) is 0 Å². The first kappa shape index (κ1) is 24.3. The first-order valence-electron chi connectivity index (χ1n) is 13.3. The van der Waals surface area contributed by atoms with Gasteiger partial charge < -0.3 is 9.47 Å². The van der Waals surface area contributed by atoms with Crippen LogP contribution in [0, 0.1) is 0 Å². The molecule has 2 saturated carbocycles. The van der Waals surface area contributed by atoms with Gasteiger partial charge in [0.05, 0.1) is 11.1 Å². The van der Waals surface area contributed by atoms with Crippen molar-refractivity contribution >= 4 is 11.9 Å². The number of carbonyl (C=O) groups is 2. The van der Waals surface area contributed by atoms with Gasteiger partial charge in [0.15, 0.2) is 0 Å². The molecule has 4 heteroatoms. The third kappa shape index (κ3) is 5.09. The molecule has 0 atom stereocenters. The highest BCUT2D eigenvalue weighted by atomic mass is 16.6. The van der Waals surface area contributed by atoms with Crippen LogP contribution in [-0.2, 0) is 20.7 Å². The van der Waals surface area contributed by atoms with Gasteiger partial charge in [0.1, 0.15) is 11.2 Å². The maximum atomic E-state index is 13.2. The molecule has 186 valence electrons. The minimum Gasteiger partial charge on any atom is -0.451 e. The summed E-state index contributed by atoms with van der Waals surface area (Å²) in [6.07, 6.45) is 9.78. The molecule has 0 aliphatic heterocycles. The van der Waals surface area contributed by atoms with Crippen LogP contribution in [0.4, 0.5) is 0 Å². The van der Waals surface area contributed by atoms with Crippen molar-refractivity contribution < 1.29 is 19.1 Å². The Balaban J connectivity index is 1.31. The van der Waals surface area contributed by atoms with E-state index in [1.54, 1.807) is 24.3 Å². The maximum Gasteiger partial charge on any atom is 0.339 e. The monoisotopic (exact) mass is 482 g/mol. The van der Waals surface area contributed by atoms with E-state index in [9.17, 15) is 9.59 Å². The summed E-state index contributed by atoms with van der Waals surface area (Å²) < 4.78 is 12.4. The van der Waals surface area contributed by atoms with Crippen LogP contribution in [0.2, 0.25) is 0 Å². The summed E-state index contributed by atoms with van der Waals surface area (Å²) in [6.45, 7) is 0. The van der Waals surface area contributed by atoms with Crippen molar-refractivity contribution in [3.8, 4) is 0 Å². The number of carbonyl (C=O) groups excluding carboxylic acids is 2. The van der Waals surface area contributed by atoms with Crippen LogP contribution < -0.4 is 0 Å². The Bertz CT molecular complexity index is 1060. The number of hydrogen-bond acceptors (Lipinski definition) is 4. The molecule has 2 aliphatic carbocycles. The summed E-state index contributed by atoms with van der Waals surface area (Å²) >= 11 is 0. The number of hydrogen-bond donors (Lipinski definition) is 0. The van der Waals surface area contributed by atoms with Gasteiger partial charge in [-0.3, -0.25) is 0 Å². The summed E-state index contributed by atoms with van der Waals surface area (Å²) in [4.78, 5) is 26.4. The summed E-state index contributed by atoms with van der Waals surface area (Å²) in [6, 6.07) is 26.8. The van der Waals surface area contributed by atoms with E-state index >= 15 is 0 Å². The molecule has 0 aromatic heterocycles. The van der Waals surface area contributed by atoms with E-state index in [-0.39, 0.29) is 11.9 Å². The molecule has 3 aromatic carbocycles. The van der Waals surface area contributed by atoms with Crippen molar-refractivity contribution in [2.45, 2.75) is 75.4 Å². The van der Waals surface area contributed by atoms with Crippen molar-refractivity contribution in [1.82, 2.24) is 0 Å². The zero-order chi connectivity index (χ0) is 24.8. The van der Waals surface area contributed by atoms with Crippen molar-refractivity contribution in [3.63, 3.8) is 0 Å². The normalized spacial score (nSPS) is 18.7. The summed E-state index contributed by atoms with van der Waals surface area (Å²) in [5.74, 6) is -0.706. The van der Waals surface area contributed by atoms with E-state index in [4.69, 9.17) is 9.47 Å². The Kier molecular flexibility index (Phi) is 7.22. The van der Waals surface area contributed by atoms with Gasteiger partial charge in [-0.25, -0.2) is 9.59 Å². The molecule has 0 spiro atoms.